The topological polar surface area (TPSA) is 41.6 Å². The second-order valence-electron chi connectivity index (χ2n) is 4.52. The molecule has 4 heteroatoms. The molecule has 0 aliphatic carbocycles. The number of carbonyl (C=O) groups is 1. The first-order valence-corrected chi connectivity index (χ1v) is 6.91. The first-order chi connectivity index (χ1) is 9.24. The van der Waals surface area contributed by atoms with Crippen LogP contribution in [0.5, 0.6) is 5.75 Å². The highest BCUT2D eigenvalue weighted by molar-refractivity contribution is 5.73. The molecule has 19 heavy (non-hydrogen) atoms. The van der Waals surface area contributed by atoms with E-state index in [9.17, 15) is 4.79 Å². The normalized spacial score (nSPS) is 10.0. The summed E-state index contributed by atoms with van der Waals surface area (Å²) in [5.41, 5.74) is 0. The van der Waals surface area contributed by atoms with Gasteiger partial charge in [0, 0.05) is 20.1 Å². The van der Waals surface area contributed by atoms with E-state index in [0.29, 0.717) is 13.2 Å². The summed E-state index contributed by atoms with van der Waals surface area (Å²) < 4.78 is 5.55. The van der Waals surface area contributed by atoms with Crippen molar-refractivity contribution in [3.05, 3.63) is 30.3 Å². The molecule has 0 saturated carbocycles. The van der Waals surface area contributed by atoms with Crippen LogP contribution in [0.2, 0.25) is 0 Å². The van der Waals surface area contributed by atoms with Gasteiger partial charge in [-0.25, -0.2) is 4.79 Å². The molecule has 2 amide bonds. The van der Waals surface area contributed by atoms with Crippen LogP contribution in [0, 0.1) is 0 Å². The Kier molecular flexibility index (Phi) is 7.47. The number of nitrogens with one attached hydrogen (secondary N) is 1. The van der Waals surface area contributed by atoms with Gasteiger partial charge >= 0.3 is 6.03 Å². The Hall–Kier alpha value is -1.71. The molecule has 0 radical (unpaired) electrons. The number of rotatable bonds is 8. The molecule has 0 saturated heterocycles. The first-order valence-electron chi connectivity index (χ1n) is 6.91. The zero-order valence-corrected chi connectivity index (χ0v) is 11.9. The summed E-state index contributed by atoms with van der Waals surface area (Å²) in [6, 6.07) is 9.70. The van der Waals surface area contributed by atoms with Crippen LogP contribution in [0.15, 0.2) is 30.3 Å². The van der Waals surface area contributed by atoms with Crippen molar-refractivity contribution < 1.29 is 9.53 Å². The smallest absolute Gasteiger partial charge is 0.317 e. The molecule has 0 bridgehead atoms. The number of amides is 2. The highest BCUT2D eigenvalue weighted by Gasteiger charge is 2.05. The number of benzene rings is 1. The van der Waals surface area contributed by atoms with E-state index in [-0.39, 0.29) is 6.03 Å². The second kappa shape index (κ2) is 9.25. The van der Waals surface area contributed by atoms with Crippen LogP contribution < -0.4 is 10.1 Å². The highest BCUT2D eigenvalue weighted by Crippen LogP contribution is 2.07. The van der Waals surface area contributed by atoms with E-state index in [2.05, 4.69) is 12.2 Å². The molecule has 1 aromatic carbocycles. The average Bonchev–Trinajstić information content (AvgIpc) is 2.45. The Labute approximate surface area is 115 Å². The third-order valence-corrected chi connectivity index (χ3v) is 2.80. The second-order valence-corrected chi connectivity index (χ2v) is 4.52. The van der Waals surface area contributed by atoms with Gasteiger partial charge in [-0.2, -0.15) is 0 Å². The molecule has 106 valence electrons. The lowest BCUT2D eigenvalue weighted by atomic mass is 10.3. The van der Waals surface area contributed by atoms with E-state index in [1.54, 1.807) is 4.90 Å². The number of ether oxygens (including phenoxy) is 1. The van der Waals surface area contributed by atoms with E-state index in [1.165, 1.54) is 0 Å². The molecule has 1 N–H and O–H groups in total. The van der Waals surface area contributed by atoms with Gasteiger partial charge in [0.1, 0.15) is 5.75 Å². The number of para-hydroxylation sites is 1. The number of carbonyl (C=O) groups excluding carboxylic acids is 1. The summed E-state index contributed by atoms with van der Waals surface area (Å²) in [6.45, 7) is 4.18. The van der Waals surface area contributed by atoms with Crippen molar-refractivity contribution in [1.29, 1.82) is 0 Å². The third-order valence-electron chi connectivity index (χ3n) is 2.80. The molecular weight excluding hydrogens is 240 g/mol. The Morgan fingerprint density at radius 3 is 2.68 bits per heavy atom. The number of hydrogen-bond donors (Lipinski definition) is 1. The molecule has 0 fully saturated rings. The summed E-state index contributed by atoms with van der Waals surface area (Å²) in [7, 11) is 1.82. The maximum absolute atomic E-state index is 11.7. The van der Waals surface area contributed by atoms with E-state index < -0.39 is 0 Å². The first kappa shape index (κ1) is 15.3. The predicted molar refractivity (Wildman–Crippen MR) is 77.5 cm³/mol. The molecular formula is C15H24N2O2. The van der Waals surface area contributed by atoms with E-state index in [1.807, 2.05) is 37.4 Å². The number of nitrogens with zero attached hydrogens (tertiary/aromatic N) is 1. The van der Waals surface area contributed by atoms with E-state index >= 15 is 0 Å². The van der Waals surface area contributed by atoms with Gasteiger partial charge in [-0.05, 0) is 25.0 Å². The number of urea groups is 1. The molecule has 0 spiro atoms. The summed E-state index contributed by atoms with van der Waals surface area (Å²) >= 11 is 0. The number of unbranched alkanes of at least 4 members (excludes halogenated alkanes) is 1. The minimum Gasteiger partial charge on any atom is -0.494 e. The maximum atomic E-state index is 11.7. The highest BCUT2D eigenvalue weighted by atomic mass is 16.5. The van der Waals surface area contributed by atoms with Gasteiger partial charge in [-0.3, -0.25) is 0 Å². The van der Waals surface area contributed by atoms with Gasteiger partial charge in [0.2, 0.25) is 0 Å². The zero-order chi connectivity index (χ0) is 13.9. The SMILES string of the molecule is CCCCN(C)C(=O)NCCCOc1ccccc1. The van der Waals surface area contributed by atoms with Crippen molar-refractivity contribution in [2.45, 2.75) is 26.2 Å². The largest absolute Gasteiger partial charge is 0.494 e. The summed E-state index contributed by atoms with van der Waals surface area (Å²) in [5.74, 6) is 0.869. The van der Waals surface area contributed by atoms with Gasteiger partial charge in [0.25, 0.3) is 0 Å². The molecule has 0 heterocycles. The molecule has 0 aromatic heterocycles. The average molecular weight is 264 g/mol. The van der Waals surface area contributed by atoms with E-state index in [0.717, 1.165) is 31.6 Å². The molecule has 0 aliphatic heterocycles. The lowest BCUT2D eigenvalue weighted by molar-refractivity contribution is 0.207. The van der Waals surface area contributed by atoms with Crippen LogP contribution >= 0.6 is 0 Å². The molecule has 4 nitrogen and oxygen atoms in total. The third kappa shape index (κ3) is 6.70. The van der Waals surface area contributed by atoms with Crippen molar-refractivity contribution >= 4 is 6.03 Å². The Balaban J connectivity index is 2.05. The van der Waals surface area contributed by atoms with Gasteiger partial charge in [-0.1, -0.05) is 31.5 Å². The van der Waals surface area contributed by atoms with Crippen LogP contribution in [0.25, 0.3) is 0 Å². The number of hydrogen-bond acceptors (Lipinski definition) is 2. The molecule has 0 unspecified atom stereocenters. The Morgan fingerprint density at radius 1 is 1.26 bits per heavy atom. The Bertz CT molecular complexity index is 354. The van der Waals surface area contributed by atoms with Gasteiger partial charge in [0.05, 0.1) is 6.61 Å². The monoisotopic (exact) mass is 264 g/mol. The van der Waals surface area contributed by atoms with Gasteiger partial charge in [-0.15, -0.1) is 0 Å². The van der Waals surface area contributed by atoms with Gasteiger partial charge < -0.3 is 15.0 Å². The van der Waals surface area contributed by atoms with Crippen molar-refractivity contribution in [3.8, 4) is 5.75 Å². The van der Waals surface area contributed by atoms with Crippen LogP contribution in [0.4, 0.5) is 4.79 Å². The fourth-order valence-electron chi connectivity index (χ4n) is 1.61. The summed E-state index contributed by atoms with van der Waals surface area (Å²) in [5, 5.41) is 2.88. The minimum atomic E-state index is -0.00633. The predicted octanol–water partition coefficient (Wildman–Crippen LogP) is 2.90. The minimum absolute atomic E-state index is 0.00633. The van der Waals surface area contributed by atoms with Crippen LogP contribution in [0.3, 0.4) is 0 Å². The molecule has 1 rings (SSSR count). The summed E-state index contributed by atoms with van der Waals surface area (Å²) in [6.07, 6.45) is 2.95. The van der Waals surface area contributed by atoms with Crippen molar-refractivity contribution in [3.63, 3.8) is 0 Å². The van der Waals surface area contributed by atoms with Crippen molar-refractivity contribution in [2.75, 3.05) is 26.7 Å². The zero-order valence-electron chi connectivity index (χ0n) is 11.9. The molecule has 1 aromatic rings. The van der Waals surface area contributed by atoms with Crippen molar-refractivity contribution in [1.82, 2.24) is 10.2 Å². The molecule has 0 atom stereocenters. The van der Waals surface area contributed by atoms with E-state index in [4.69, 9.17) is 4.74 Å². The lowest BCUT2D eigenvalue weighted by Crippen LogP contribution is -2.38. The quantitative estimate of drug-likeness (QED) is 0.734. The lowest BCUT2D eigenvalue weighted by Gasteiger charge is -2.17. The standard InChI is InChI=1S/C15H24N2O2/c1-3-4-12-17(2)15(18)16-11-8-13-19-14-9-6-5-7-10-14/h5-7,9-10H,3-4,8,11-13H2,1-2H3,(H,16,18). The maximum Gasteiger partial charge on any atom is 0.317 e. The fraction of sp³-hybridized carbons (Fsp3) is 0.533. The Morgan fingerprint density at radius 2 is 2.00 bits per heavy atom. The van der Waals surface area contributed by atoms with Crippen LogP contribution in [-0.4, -0.2) is 37.7 Å². The van der Waals surface area contributed by atoms with Crippen LogP contribution in [0.1, 0.15) is 26.2 Å². The van der Waals surface area contributed by atoms with Gasteiger partial charge in [0.15, 0.2) is 0 Å². The van der Waals surface area contributed by atoms with Crippen LogP contribution in [-0.2, 0) is 0 Å². The summed E-state index contributed by atoms with van der Waals surface area (Å²) in [4.78, 5) is 13.4. The molecule has 0 aliphatic rings. The van der Waals surface area contributed by atoms with Crippen molar-refractivity contribution in [2.24, 2.45) is 0 Å². The fourth-order valence-corrected chi connectivity index (χ4v) is 1.61.